The second-order valence-corrected chi connectivity index (χ2v) is 7.33. The molecule has 0 saturated carbocycles. The lowest BCUT2D eigenvalue weighted by Crippen LogP contribution is -2.20. The molecule has 1 aliphatic heterocycles. The Kier molecular flexibility index (Phi) is 4.36. The van der Waals surface area contributed by atoms with Gasteiger partial charge in [-0.05, 0) is 19.8 Å². The second-order valence-electron chi connectivity index (χ2n) is 6.04. The second kappa shape index (κ2) is 5.67. The average Bonchev–Trinajstić information content (AvgIpc) is 2.34. The van der Waals surface area contributed by atoms with E-state index in [1.54, 1.807) is 0 Å². The predicted octanol–water partition coefficient (Wildman–Crippen LogP) is 2.94. The van der Waals surface area contributed by atoms with Crippen LogP contribution in [0.5, 0.6) is 0 Å². The molecular weight excluding hydrogens is 258 g/mol. The Balaban J connectivity index is 2.25. The van der Waals surface area contributed by atoms with Gasteiger partial charge in [-0.3, -0.25) is 0 Å². The van der Waals surface area contributed by atoms with Gasteiger partial charge >= 0.3 is 0 Å². The van der Waals surface area contributed by atoms with Crippen LogP contribution in [0.4, 0.5) is 5.82 Å². The molecule has 2 heterocycles. The van der Waals surface area contributed by atoms with Crippen molar-refractivity contribution < 1.29 is 4.74 Å². The molecule has 0 aromatic carbocycles. The number of thioether (sulfide) groups is 1. The number of hydrogen-bond donors (Lipinski definition) is 1. The number of rotatable bonds is 2. The van der Waals surface area contributed by atoms with Crippen LogP contribution in [0, 0.1) is 6.92 Å². The summed E-state index contributed by atoms with van der Waals surface area (Å²) in [6.07, 6.45) is 2.16. The Bertz CT molecular complexity index is 451. The molecule has 0 atom stereocenters. The fourth-order valence-corrected chi connectivity index (χ4v) is 3.08. The third kappa shape index (κ3) is 3.60. The van der Waals surface area contributed by atoms with Gasteiger partial charge in [0, 0.05) is 29.4 Å². The maximum absolute atomic E-state index is 6.03. The lowest BCUT2D eigenvalue weighted by atomic mass is 9.95. The first-order valence-electron chi connectivity index (χ1n) is 6.77. The van der Waals surface area contributed by atoms with E-state index >= 15 is 0 Å². The van der Waals surface area contributed by atoms with Crippen LogP contribution in [0.1, 0.15) is 45.0 Å². The van der Waals surface area contributed by atoms with E-state index in [2.05, 4.69) is 25.8 Å². The van der Waals surface area contributed by atoms with E-state index in [-0.39, 0.29) is 5.41 Å². The van der Waals surface area contributed by atoms with E-state index in [1.807, 2.05) is 18.7 Å². The van der Waals surface area contributed by atoms with Crippen molar-refractivity contribution in [1.29, 1.82) is 0 Å². The smallest absolute Gasteiger partial charge is 0.137 e. The van der Waals surface area contributed by atoms with Crippen molar-refractivity contribution in [3.8, 4) is 0 Å². The average molecular weight is 281 g/mol. The highest BCUT2D eigenvalue weighted by atomic mass is 32.2. The van der Waals surface area contributed by atoms with E-state index in [1.165, 1.54) is 0 Å². The first-order chi connectivity index (χ1) is 8.88. The van der Waals surface area contributed by atoms with Crippen LogP contribution in [0.3, 0.4) is 0 Å². The standard InChI is InChI=1S/C14H23N3OS/c1-9-11(15)16-13(14(2,3)4)17-12(9)19-10-5-7-18-8-6-10/h10H,5-8H2,1-4H3,(H2,15,16,17). The number of hydrogen-bond acceptors (Lipinski definition) is 5. The van der Waals surface area contributed by atoms with E-state index in [0.29, 0.717) is 11.1 Å². The Morgan fingerprint density at radius 3 is 2.42 bits per heavy atom. The molecule has 1 aromatic heterocycles. The molecule has 5 heteroatoms. The minimum atomic E-state index is -0.0766. The Hall–Kier alpha value is -0.810. The molecule has 2 rings (SSSR count). The van der Waals surface area contributed by atoms with Crippen LogP contribution in [-0.2, 0) is 10.2 Å². The topological polar surface area (TPSA) is 61.0 Å². The van der Waals surface area contributed by atoms with Gasteiger partial charge in [-0.15, -0.1) is 11.8 Å². The van der Waals surface area contributed by atoms with Gasteiger partial charge in [0.15, 0.2) is 0 Å². The van der Waals surface area contributed by atoms with Gasteiger partial charge in [-0.2, -0.15) is 0 Å². The minimum Gasteiger partial charge on any atom is -0.383 e. The summed E-state index contributed by atoms with van der Waals surface area (Å²) in [5.41, 5.74) is 6.96. The largest absolute Gasteiger partial charge is 0.383 e. The van der Waals surface area contributed by atoms with Crippen molar-refractivity contribution in [2.75, 3.05) is 18.9 Å². The highest BCUT2D eigenvalue weighted by molar-refractivity contribution is 7.99. The minimum absolute atomic E-state index is 0.0766. The molecule has 0 bridgehead atoms. The molecule has 1 aliphatic rings. The summed E-state index contributed by atoms with van der Waals surface area (Å²) in [5.74, 6) is 1.43. The lowest BCUT2D eigenvalue weighted by molar-refractivity contribution is 0.1000. The first kappa shape index (κ1) is 14.6. The van der Waals surface area contributed by atoms with Crippen LogP contribution < -0.4 is 5.73 Å². The zero-order chi connectivity index (χ0) is 14.0. The fraction of sp³-hybridized carbons (Fsp3) is 0.714. The molecule has 0 spiro atoms. The molecule has 2 N–H and O–H groups in total. The molecule has 106 valence electrons. The first-order valence-corrected chi connectivity index (χ1v) is 7.65. The van der Waals surface area contributed by atoms with E-state index in [4.69, 9.17) is 15.5 Å². The van der Waals surface area contributed by atoms with Gasteiger partial charge in [0.2, 0.25) is 0 Å². The number of nitrogen functional groups attached to an aromatic ring is 1. The fourth-order valence-electron chi connectivity index (χ4n) is 1.91. The van der Waals surface area contributed by atoms with Crippen LogP contribution >= 0.6 is 11.8 Å². The van der Waals surface area contributed by atoms with Gasteiger partial charge in [0.25, 0.3) is 0 Å². The predicted molar refractivity (Wildman–Crippen MR) is 79.6 cm³/mol. The number of aromatic nitrogens is 2. The maximum atomic E-state index is 6.03. The van der Waals surface area contributed by atoms with Crippen LogP contribution in [0.25, 0.3) is 0 Å². The van der Waals surface area contributed by atoms with Gasteiger partial charge in [0.05, 0.1) is 0 Å². The molecule has 1 fully saturated rings. The Morgan fingerprint density at radius 1 is 1.21 bits per heavy atom. The summed E-state index contributed by atoms with van der Waals surface area (Å²) in [5, 5.41) is 1.61. The Labute approximate surface area is 119 Å². The van der Waals surface area contributed by atoms with E-state index in [0.717, 1.165) is 42.5 Å². The summed E-state index contributed by atoms with van der Waals surface area (Å²) in [6.45, 7) is 10.0. The number of nitrogens with two attached hydrogens (primary N) is 1. The number of anilines is 1. The maximum Gasteiger partial charge on any atom is 0.137 e. The van der Waals surface area contributed by atoms with Crippen molar-refractivity contribution in [2.24, 2.45) is 0 Å². The molecule has 0 radical (unpaired) electrons. The third-order valence-electron chi connectivity index (χ3n) is 3.26. The van der Waals surface area contributed by atoms with Crippen molar-refractivity contribution >= 4 is 17.6 Å². The molecule has 19 heavy (non-hydrogen) atoms. The molecule has 1 saturated heterocycles. The zero-order valence-corrected chi connectivity index (χ0v) is 13.0. The molecule has 0 amide bonds. The van der Waals surface area contributed by atoms with Gasteiger partial charge in [-0.1, -0.05) is 20.8 Å². The van der Waals surface area contributed by atoms with E-state index < -0.39 is 0 Å². The van der Waals surface area contributed by atoms with Gasteiger partial charge < -0.3 is 10.5 Å². The SMILES string of the molecule is Cc1c(N)nc(C(C)(C)C)nc1SC1CCOCC1. The molecular formula is C14H23N3OS. The Morgan fingerprint density at radius 2 is 1.84 bits per heavy atom. The summed E-state index contributed by atoms with van der Waals surface area (Å²) in [6, 6.07) is 0. The van der Waals surface area contributed by atoms with Crippen LogP contribution in [-0.4, -0.2) is 28.4 Å². The summed E-state index contributed by atoms with van der Waals surface area (Å²) in [4.78, 5) is 9.16. The van der Waals surface area contributed by atoms with Crippen molar-refractivity contribution in [3.63, 3.8) is 0 Å². The quantitative estimate of drug-likeness (QED) is 0.845. The monoisotopic (exact) mass is 281 g/mol. The van der Waals surface area contributed by atoms with Crippen LogP contribution in [0.15, 0.2) is 5.03 Å². The number of ether oxygens (including phenoxy) is 1. The van der Waals surface area contributed by atoms with Crippen LogP contribution in [0.2, 0.25) is 0 Å². The van der Waals surface area contributed by atoms with Gasteiger partial charge in [-0.25, -0.2) is 9.97 Å². The summed E-state index contributed by atoms with van der Waals surface area (Å²) >= 11 is 1.82. The third-order valence-corrected chi connectivity index (χ3v) is 4.68. The number of nitrogens with zero attached hydrogens (tertiary/aromatic N) is 2. The molecule has 0 unspecified atom stereocenters. The zero-order valence-electron chi connectivity index (χ0n) is 12.2. The molecule has 1 aromatic rings. The van der Waals surface area contributed by atoms with Gasteiger partial charge in [0.1, 0.15) is 16.7 Å². The normalized spacial score (nSPS) is 17.7. The highest BCUT2D eigenvalue weighted by Gasteiger charge is 2.23. The molecule has 4 nitrogen and oxygen atoms in total. The lowest BCUT2D eigenvalue weighted by Gasteiger charge is -2.23. The summed E-state index contributed by atoms with van der Waals surface area (Å²) in [7, 11) is 0. The highest BCUT2D eigenvalue weighted by Crippen LogP contribution is 2.33. The van der Waals surface area contributed by atoms with E-state index in [9.17, 15) is 0 Å². The summed E-state index contributed by atoms with van der Waals surface area (Å²) < 4.78 is 5.40. The van der Waals surface area contributed by atoms with Crippen molar-refractivity contribution in [2.45, 2.75) is 56.2 Å². The van der Waals surface area contributed by atoms with Crippen molar-refractivity contribution in [1.82, 2.24) is 9.97 Å². The van der Waals surface area contributed by atoms with Crippen molar-refractivity contribution in [3.05, 3.63) is 11.4 Å². The molecule has 0 aliphatic carbocycles.